The topological polar surface area (TPSA) is 72.8 Å². The highest BCUT2D eigenvalue weighted by atomic mass is 16.5. The molecule has 16 heavy (non-hydrogen) atoms. The number of carbonyl (C=O) groups excluding carboxylic acids is 2. The van der Waals surface area contributed by atoms with Crippen LogP contribution in [-0.2, 0) is 9.53 Å². The van der Waals surface area contributed by atoms with Gasteiger partial charge in [-0.25, -0.2) is 4.79 Å². The van der Waals surface area contributed by atoms with Gasteiger partial charge in [-0.05, 0) is 25.1 Å². The largest absolute Gasteiger partial charge is 0.504 e. The predicted octanol–water partition coefficient (Wildman–Crippen LogP) is 1.15. The summed E-state index contributed by atoms with van der Waals surface area (Å²) < 4.78 is 9.36. The van der Waals surface area contributed by atoms with Crippen molar-refractivity contribution in [2.75, 3.05) is 13.7 Å². The molecule has 0 heterocycles. The fourth-order valence-corrected chi connectivity index (χ4v) is 1.15. The Labute approximate surface area is 92.6 Å². The molecule has 0 aromatic heterocycles. The number of hydrogen-bond donors (Lipinski definition) is 1. The Morgan fingerprint density at radius 2 is 2.06 bits per heavy atom. The lowest BCUT2D eigenvalue weighted by molar-refractivity contribution is -0.137. The number of ether oxygens (including phenoxy) is 2. The maximum atomic E-state index is 11.5. The third-order valence-electron chi connectivity index (χ3n) is 1.90. The molecule has 0 fully saturated rings. The lowest BCUT2D eigenvalue weighted by Gasteiger charge is -2.05. The highest BCUT2D eigenvalue weighted by Gasteiger charge is 2.18. The summed E-state index contributed by atoms with van der Waals surface area (Å²) in [6, 6.07) is 3.96. The van der Waals surface area contributed by atoms with Crippen LogP contribution < -0.4 is 4.74 Å². The van der Waals surface area contributed by atoms with Crippen LogP contribution in [-0.4, -0.2) is 30.6 Å². The Kier molecular flexibility index (Phi) is 3.88. The predicted molar refractivity (Wildman–Crippen MR) is 55.6 cm³/mol. The number of phenolic OH excluding ortho intramolecular Hbond substituents is 1. The van der Waals surface area contributed by atoms with Crippen molar-refractivity contribution in [2.24, 2.45) is 0 Å². The molecule has 0 aliphatic carbocycles. The molecular formula is C11H12O5. The zero-order valence-corrected chi connectivity index (χ0v) is 9.02. The molecule has 0 aliphatic rings. The van der Waals surface area contributed by atoms with Crippen LogP contribution in [0.25, 0.3) is 0 Å². The number of methoxy groups -OCH3 is 1. The molecule has 0 aliphatic heterocycles. The Balaban J connectivity index is 2.93. The molecule has 86 valence electrons. The molecule has 0 spiro atoms. The average molecular weight is 224 g/mol. The number of phenols is 1. The fourth-order valence-electron chi connectivity index (χ4n) is 1.15. The highest BCUT2D eigenvalue weighted by Crippen LogP contribution is 2.26. The molecule has 1 N–H and O–H groups in total. The van der Waals surface area contributed by atoms with Crippen molar-refractivity contribution in [2.45, 2.75) is 6.92 Å². The second-order valence-corrected chi connectivity index (χ2v) is 2.94. The first-order valence-corrected chi connectivity index (χ1v) is 4.68. The molecule has 0 saturated heterocycles. The van der Waals surface area contributed by atoms with Gasteiger partial charge in [0.15, 0.2) is 11.5 Å². The molecule has 1 rings (SSSR count). The molecule has 1 aromatic rings. The van der Waals surface area contributed by atoms with E-state index in [1.165, 1.54) is 19.2 Å². The van der Waals surface area contributed by atoms with Crippen molar-refractivity contribution in [1.29, 1.82) is 0 Å². The second-order valence-electron chi connectivity index (χ2n) is 2.94. The van der Waals surface area contributed by atoms with Crippen molar-refractivity contribution < 1.29 is 24.2 Å². The molecule has 0 radical (unpaired) electrons. The van der Waals surface area contributed by atoms with Crippen LogP contribution in [0.2, 0.25) is 0 Å². The number of esters is 1. The van der Waals surface area contributed by atoms with E-state index in [-0.39, 0.29) is 23.7 Å². The Bertz CT molecular complexity index is 411. The van der Waals surface area contributed by atoms with Gasteiger partial charge < -0.3 is 14.6 Å². The molecule has 0 unspecified atom stereocenters. The summed E-state index contributed by atoms with van der Waals surface area (Å²) in [5.74, 6) is -1.69. The molecule has 5 nitrogen and oxygen atoms in total. The smallest absolute Gasteiger partial charge is 0.379 e. The molecule has 0 amide bonds. The number of hydrogen-bond acceptors (Lipinski definition) is 5. The first kappa shape index (κ1) is 12.0. The second kappa shape index (κ2) is 5.16. The maximum Gasteiger partial charge on any atom is 0.379 e. The monoisotopic (exact) mass is 224 g/mol. The number of ketones is 1. The van der Waals surface area contributed by atoms with E-state index in [0.29, 0.717) is 0 Å². The number of aromatic hydroxyl groups is 1. The van der Waals surface area contributed by atoms with Gasteiger partial charge in [-0.1, -0.05) is 0 Å². The summed E-state index contributed by atoms with van der Waals surface area (Å²) in [7, 11) is 1.39. The molecule has 1 aromatic carbocycles. The van der Waals surface area contributed by atoms with Gasteiger partial charge in [0.1, 0.15) is 0 Å². The number of Topliss-reactive ketones (excluding diaryl/α,β-unsaturated/α-hetero) is 1. The maximum absolute atomic E-state index is 11.5. The summed E-state index contributed by atoms with van der Waals surface area (Å²) in [6.07, 6.45) is 0. The minimum atomic E-state index is -0.938. The van der Waals surface area contributed by atoms with Crippen molar-refractivity contribution in [3.8, 4) is 11.5 Å². The zero-order chi connectivity index (χ0) is 12.1. The standard InChI is InChI=1S/C11H12O5/c1-3-16-11(14)10(13)7-4-5-9(15-2)8(12)6-7/h4-6,12H,3H2,1-2H3. The van der Waals surface area contributed by atoms with Crippen LogP contribution >= 0.6 is 0 Å². The lowest BCUT2D eigenvalue weighted by atomic mass is 10.1. The summed E-state index contributed by atoms with van der Waals surface area (Å²) >= 11 is 0. The third-order valence-corrected chi connectivity index (χ3v) is 1.90. The summed E-state index contributed by atoms with van der Waals surface area (Å²) in [5.41, 5.74) is 0.0664. The molecular weight excluding hydrogens is 212 g/mol. The molecule has 0 saturated carbocycles. The van der Waals surface area contributed by atoms with E-state index in [1.54, 1.807) is 6.92 Å². The number of carbonyl (C=O) groups is 2. The van der Waals surface area contributed by atoms with Gasteiger partial charge in [0.2, 0.25) is 0 Å². The normalized spacial score (nSPS) is 9.62. The van der Waals surface area contributed by atoms with Gasteiger partial charge in [0.25, 0.3) is 5.78 Å². The van der Waals surface area contributed by atoms with Crippen LogP contribution in [0.3, 0.4) is 0 Å². The first-order valence-electron chi connectivity index (χ1n) is 4.68. The number of rotatable bonds is 4. The van der Waals surface area contributed by atoms with Crippen molar-refractivity contribution >= 4 is 11.8 Å². The van der Waals surface area contributed by atoms with Crippen LogP contribution in [0.1, 0.15) is 17.3 Å². The van der Waals surface area contributed by atoms with E-state index in [2.05, 4.69) is 4.74 Å². The lowest BCUT2D eigenvalue weighted by Crippen LogP contribution is -2.17. The Hall–Kier alpha value is -2.04. The third kappa shape index (κ3) is 2.50. The zero-order valence-electron chi connectivity index (χ0n) is 9.02. The van der Waals surface area contributed by atoms with E-state index < -0.39 is 11.8 Å². The van der Waals surface area contributed by atoms with E-state index in [0.717, 1.165) is 6.07 Å². The SMILES string of the molecule is CCOC(=O)C(=O)c1ccc(OC)c(O)c1. The first-order chi connectivity index (χ1) is 7.60. The van der Waals surface area contributed by atoms with Crippen LogP contribution in [0.15, 0.2) is 18.2 Å². The van der Waals surface area contributed by atoms with E-state index in [4.69, 9.17) is 4.74 Å². The van der Waals surface area contributed by atoms with E-state index >= 15 is 0 Å². The van der Waals surface area contributed by atoms with Crippen LogP contribution in [0, 0.1) is 0 Å². The minimum Gasteiger partial charge on any atom is -0.504 e. The van der Waals surface area contributed by atoms with Crippen molar-refractivity contribution in [3.63, 3.8) is 0 Å². The molecule has 5 heteroatoms. The minimum absolute atomic E-state index is 0.0664. The van der Waals surface area contributed by atoms with Gasteiger partial charge in [-0.2, -0.15) is 0 Å². The van der Waals surface area contributed by atoms with E-state index in [9.17, 15) is 14.7 Å². The van der Waals surface area contributed by atoms with Gasteiger partial charge in [0, 0.05) is 5.56 Å². The van der Waals surface area contributed by atoms with Crippen LogP contribution in [0.5, 0.6) is 11.5 Å². The van der Waals surface area contributed by atoms with E-state index in [1.807, 2.05) is 0 Å². The van der Waals surface area contributed by atoms with Gasteiger partial charge in [-0.15, -0.1) is 0 Å². The quantitative estimate of drug-likeness (QED) is 0.471. The van der Waals surface area contributed by atoms with Gasteiger partial charge in [0.05, 0.1) is 13.7 Å². The Morgan fingerprint density at radius 3 is 2.56 bits per heavy atom. The summed E-state index contributed by atoms with van der Waals surface area (Å²) in [6.45, 7) is 1.74. The van der Waals surface area contributed by atoms with Crippen molar-refractivity contribution in [3.05, 3.63) is 23.8 Å². The van der Waals surface area contributed by atoms with Crippen molar-refractivity contribution in [1.82, 2.24) is 0 Å². The van der Waals surface area contributed by atoms with Gasteiger partial charge >= 0.3 is 5.97 Å². The summed E-state index contributed by atoms with van der Waals surface area (Å²) in [5, 5.41) is 9.42. The summed E-state index contributed by atoms with van der Waals surface area (Å²) in [4.78, 5) is 22.6. The average Bonchev–Trinajstić information content (AvgIpc) is 2.28. The number of benzene rings is 1. The van der Waals surface area contributed by atoms with Crippen LogP contribution in [0.4, 0.5) is 0 Å². The molecule has 0 bridgehead atoms. The fraction of sp³-hybridized carbons (Fsp3) is 0.273. The highest BCUT2D eigenvalue weighted by molar-refractivity contribution is 6.40. The molecule has 0 atom stereocenters. The Morgan fingerprint density at radius 1 is 1.38 bits per heavy atom. The van der Waals surface area contributed by atoms with Gasteiger partial charge in [-0.3, -0.25) is 4.79 Å².